The number of rotatable bonds is 4. The van der Waals surface area contributed by atoms with Gasteiger partial charge in [-0.2, -0.15) is 0 Å². The molecule has 0 saturated carbocycles. The van der Waals surface area contributed by atoms with Gasteiger partial charge in [0.2, 0.25) is 5.91 Å². The molecule has 2 heterocycles. The van der Waals surface area contributed by atoms with Gasteiger partial charge in [0, 0.05) is 19.3 Å². The molecule has 2 aliphatic heterocycles. The van der Waals surface area contributed by atoms with Crippen molar-refractivity contribution >= 4 is 5.91 Å². The van der Waals surface area contributed by atoms with Crippen LogP contribution < -0.4 is 5.32 Å². The van der Waals surface area contributed by atoms with Crippen LogP contribution in [0.25, 0.3) is 0 Å². The zero-order valence-electron chi connectivity index (χ0n) is 12.7. The number of hydrogen-bond acceptors (Lipinski definition) is 3. The van der Waals surface area contributed by atoms with Crippen molar-refractivity contribution in [1.29, 1.82) is 0 Å². The van der Waals surface area contributed by atoms with Crippen molar-refractivity contribution in [1.82, 2.24) is 10.2 Å². The van der Waals surface area contributed by atoms with Crippen molar-refractivity contribution in [3.8, 4) is 0 Å². The van der Waals surface area contributed by atoms with Gasteiger partial charge in [-0.15, -0.1) is 0 Å². The lowest BCUT2D eigenvalue weighted by Crippen LogP contribution is -2.49. The van der Waals surface area contributed by atoms with Crippen LogP contribution in [0.1, 0.15) is 47.0 Å². The quantitative estimate of drug-likeness (QED) is 0.848. The summed E-state index contributed by atoms with van der Waals surface area (Å²) in [6, 6.07) is 0.369. The van der Waals surface area contributed by atoms with Gasteiger partial charge in [0.25, 0.3) is 0 Å². The first-order valence-electron chi connectivity index (χ1n) is 7.66. The lowest BCUT2D eigenvalue weighted by atomic mass is 10.0. The molecule has 2 atom stereocenters. The first-order chi connectivity index (χ1) is 9.00. The molecular weight excluding hydrogens is 240 g/mol. The highest BCUT2D eigenvalue weighted by Gasteiger charge is 2.43. The van der Waals surface area contributed by atoms with Crippen LogP contribution >= 0.6 is 0 Å². The second-order valence-corrected chi connectivity index (χ2v) is 6.63. The summed E-state index contributed by atoms with van der Waals surface area (Å²) < 4.78 is 5.42. The van der Waals surface area contributed by atoms with E-state index in [1.807, 2.05) is 0 Å². The molecule has 2 fully saturated rings. The van der Waals surface area contributed by atoms with Gasteiger partial charge in [0.15, 0.2) is 0 Å². The highest BCUT2D eigenvalue weighted by molar-refractivity contribution is 5.84. The average molecular weight is 268 g/mol. The maximum Gasteiger partial charge on any atom is 0.241 e. The van der Waals surface area contributed by atoms with E-state index in [0.29, 0.717) is 23.8 Å². The van der Waals surface area contributed by atoms with Gasteiger partial charge in [0.05, 0.1) is 12.2 Å². The lowest BCUT2D eigenvalue weighted by Gasteiger charge is -2.36. The van der Waals surface area contributed by atoms with E-state index in [1.165, 1.54) is 0 Å². The molecule has 2 aliphatic rings. The van der Waals surface area contributed by atoms with Gasteiger partial charge in [-0.3, -0.25) is 10.1 Å². The molecule has 0 spiro atoms. The summed E-state index contributed by atoms with van der Waals surface area (Å²) in [5.41, 5.74) is 0. The lowest BCUT2D eigenvalue weighted by molar-refractivity contribution is -0.135. The summed E-state index contributed by atoms with van der Waals surface area (Å²) in [4.78, 5) is 14.8. The minimum Gasteiger partial charge on any atom is -0.381 e. The van der Waals surface area contributed by atoms with E-state index in [0.717, 1.165) is 32.5 Å². The Morgan fingerprint density at radius 3 is 2.42 bits per heavy atom. The largest absolute Gasteiger partial charge is 0.381 e. The number of nitrogens with one attached hydrogen (secondary N) is 1. The molecule has 1 amide bonds. The predicted molar refractivity (Wildman–Crippen MR) is 75.7 cm³/mol. The molecule has 2 unspecified atom stereocenters. The standard InChI is InChI=1S/C15H28N2O2/c1-10(2)9-13-15(18)17(14(16-13)11(3)4)12-5-7-19-8-6-12/h10-14,16H,5-9H2,1-4H3. The van der Waals surface area contributed by atoms with E-state index < -0.39 is 0 Å². The number of nitrogens with zero attached hydrogens (tertiary/aromatic N) is 1. The van der Waals surface area contributed by atoms with Crippen molar-refractivity contribution < 1.29 is 9.53 Å². The highest BCUT2D eigenvalue weighted by atomic mass is 16.5. The van der Waals surface area contributed by atoms with Gasteiger partial charge in [-0.1, -0.05) is 27.7 Å². The first kappa shape index (κ1) is 14.8. The Kier molecular flexibility index (Phi) is 4.85. The average Bonchev–Trinajstić information content (AvgIpc) is 2.67. The molecule has 0 aromatic rings. The Labute approximate surface area is 116 Å². The molecule has 0 radical (unpaired) electrons. The van der Waals surface area contributed by atoms with E-state index in [2.05, 4.69) is 37.9 Å². The predicted octanol–water partition coefficient (Wildman–Crippen LogP) is 1.99. The highest BCUT2D eigenvalue weighted by Crippen LogP contribution is 2.27. The van der Waals surface area contributed by atoms with Crippen LogP contribution in [0.3, 0.4) is 0 Å². The number of ether oxygens (including phenoxy) is 1. The number of amides is 1. The minimum absolute atomic E-state index is 0.00949. The van der Waals surface area contributed by atoms with Gasteiger partial charge >= 0.3 is 0 Å². The summed E-state index contributed by atoms with van der Waals surface area (Å²) >= 11 is 0. The van der Waals surface area contributed by atoms with Crippen LogP contribution in [-0.4, -0.2) is 42.3 Å². The molecule has 2 rings (SSSR count). The maximum atomic E-state index is 12.7. The molecule has 1 N–H and O–H groups in total. The van der Waals surface area contributed by atoms with Gasteiger partial charge in [0.1, 0.15) is 0 Å². The molecule has 0 aromatic carbocycles. The molecule has 2 saturated heterocycles. The van der Waals surface area contributed by atoms with Crippen molar-refractivity contribution in [2.75, 3.05) is 13.2 Å². The molecule has 110 valence electrons. The fraction of sp³-hybridized carbons (Fsp3) is 0.933. The Morgan fingerprint density at radius 2 is 1.89 bits per heavy atom. The number of carbonyl (C=O) groups excluding carboxylic acids is 1. The Hall–Kier alpha value is -0.610. The molecule has 4 nitrogen and oxygen atoms in total. The Bertz CT molecular complexity index is 311. The minimum atomic E-state index is 0.00949. The summed E-state index contributed by atoms with van der Waals surface area (Å²) in [5.74, 6) is 1.30. The van der Waals surface area contributed by atoms with Crippen LogP contribution in [0.2, 0.25) is 0 Å². The topological polar surface area (TPSA) is 41.6 Å². The SMILES string of the molecule is CC(C)CC1NC(C(C)C)N(C2CCOCC2)C1=O. The number of carbonyl (C=O) groups is 1. The van der Waals surface area contributed by atoms with Gasteiger partial charge in [-0.25, -0.2) is 0 Å². The molecule has 0 aliphatic carbocycles. The first-order valence-corrected chi connectivity index (χ1v) is 7.66. The molecule has 0 aromatic heterocycles. The van der Waals surface area contributed by atoms with Crippen LogP contribution in [0.5, 0.6) is 0 Å². The Morgan fingerprint density at radius 1 is 1.26 bits per heavy atom. The van der Waals surface area contributed by atoms with E-state index >= 15 is 0 Å². The van der Waals surface area contributed by atoms with Crippen molar-refractivity contribution in [2.45, 2.75) is 65.2 Å². The smallest absolute Gasteiger partial charge is 0.241 e. The number of hydrogen-bond donors (Lipinski definition) is 1. The summed E-state index contributed by atoms with van der Waals surface area (Å²) in [7, 11) is 0. The van der Waals surface area contributed by atoms with Crippen LogP contribution in [0.15, 0.2) is 0 Å². The van der Waals surface area contributed by atoms with Gasteiger partial charge < -0.3 is 9.64 Å². The normalized spacial score (nSPS) is 29.8. The summed E-state index contributed by atoms with van der Waals surface area (Å²) in [6.45, 7) is 10.3. The molecule has 4 heteroatoms. The molecule has 0 bridgehead atoms. The second-order valence-electron chi connectivity index (χ2n) is 6.63. The Balaban J connectivity index is 2.10. The van der Waals surface area contributed by atoms with Crippen molar-refractivity contribution in [3.63, 3.8) is 0 Å². The zero-order chi connectivity index (χ0) is 14.0. The fourth-order valence-corrected chi connectivity index (χ4v) is 3.20. The van der Waals surface area contributed by atoms with E-state index in [4.69, 9.17) is 4.74 Å². The molecule has 19 heavy (non-hydrogen) atoms. The summed E-state index contributed by atoms with van der Waals surface area (Å²) in [5, 5.41) is 3.55. The van der Waals surface area contributed by atoms with Gasteiger partial charge in [-0.05, 0) is 31.1 Å². The van der Waals surface area contributed by atoms with E-state index in [-0.39, 0.29) is 12.2 Å². The monoisotopic (exact) mass is 268 g/mol. The molecular formula is C15H28N2O2. The summed E-state index contributed by atoms with van der Waals surface area (Å²) in [6.07, 6.45) is 3.08. The second kappa shape index (κ2) is 6.23. The van der Waals surface area contributed by atoms with Crippen LogP contribution in [0, 0.1) is 11.8 Å². The third kappa shape index (κ3) is 3.29. The van der Waals surface area contributed by atoms with E-state index in [1.54, 1.807) is 0 Å². The maximum absolute atomic E-state index is 12.7. The zero-order valence-corrected chi connectivity index (χ0v) is 12.7. The van der Waals surface area contributed by atoms with Crippen LogP contribution in [-0.2, 0) is 9.53 Å². The van der Waals surface area contributed by atoms with Crippen LogP contribution in [0.4, 0.5) is 0 Å². The third-order valence-electron chi connectivity index (χ3n) is 4.15. The van der Waals surface area contributed by atoms with Crippen molar-refractivity contribution in [3.05, 3.63) is 0 Å². The third-order valence-corrected chi connectivity index (χ3v) is 4.15. The fourth-order valence-electron chi connectivity index (χ4n) is 3.20. The van der Waals surface area contributed by atoms with Crippen molar-refractivity contribution in [2.24, 2.45) is 11.8 Å². The van der Waals surface area contributed by atoms with E-state index in [9.17, 15) is 4.79 Å².